The van der Waals surface area contributed by atoms with E-state index in [1.165, 1.54) is 18.4 Å². The second-order valence-corrected chi connectivity index (χ2v) is 7.75. The van der Waals surface area contributed by atoms with Crippen molar-refractivity contribution < 1.29 is 9.53 Å². The van der Waals surface area contributed by atoms with Crippen LogP contribution >= 0.6 is 0 Å². The predicted octanol–water partition coefficient (Wildman–Crippen LogP) is 2.69. The highest BCUT2D eigenvalue weighted by Crippen LogP contribution is 2.39. The topological polar surface area (TPSA) is 59.4 Å². The fraction of sp³-hybridized carbons (Fsp3) is 0.579. The average molecular weight is 340 g/mol. The van der Waals surface area contributed by atoms with E-state index in [0.29, 0.717) is 12.6 Å². The van der Waals surface area contributed by atoms with E-state index in [-0.39, 0.29) is 11.4 Å². The number of para-hydroxylation sites is 2. The zero-order chi connectivity index (χ0) is 16.9. The van der Waals surface area contributed by atoms with Crippen LogP contribution in [-0.4, -0.2) is 46.8 Å². The monoisotopic (exact) mass is 340 g/mol. The Kier molecular flexibility index (Phi) is 3.48. The van der Waals surface area contributed by atoms with E-state index in [1.54, 1.807) is 0 Å². The van der Waals surface area contributed by atoms with Gasteiger partial charge in [0.2, 0.25) is 0 Å². The Bertz CT molecular complexity index is 805. The number of nitrogens with one attached hydrogen (secondary N) is 1. The number of urea groups is 1. The van der Waals surface area contributed by atoms with Gasteiger partial charge in [-0.3, -0.25) is 0 Å². The number of benzene rings is 1. The molecule has 2 aliphatic heterocycles. The minimum absolute atomic E-state index is 0.0261. The van der Waals surface area contributed by atoms with Gasteiger partial charge in [0.25, 0.3) is 0 Å². The number of aromatic nitrogens is 2. The smallest absolute Gasteiger partial charge is 0.317 e. The Morgan fingerprint density at radius 1 is 1.32 bits per heavy atom. The van der Waals surface area contributed by atoms with Crippen molar-refractivity contribution in [1.82, 2.24) is 19.8 Å². The molecule has 1 atom stereocenters. The predicted molar refractivity (Wildman–Crippen MR) is 94.3 cm³/mol. The number of ether oxygens (including phenoxy) is 1. The van der Waals surface area contributed by atoms with E-state index in [4.69, 9.17) is 9.72 Å². The summed E-state index contributed by atoms with van der Waals surface area (Å²) in [7, 11) is 0. The Morgan fingerprint density at radius 3 is 3.00 bits per heavy atom. The number of amides is 2. The van der Waals surface area contributed by atoms with Crippen molar-refractivity contribution >= 4 is 17.1 Å². The third-order valence-electron chi connectivity index (χ3n) is 5.89. The second kappa shape index (κ2) is 5.73. The number of fused-ring (bicyclic) bond motifs is 1. The Balaban J connectivity index is 1.29. The summed E-state index contributed by atoms with van der Waals surface area (Å²) in [4.78, 5) is 19.3. The fourth-order valence-corrected chi connectivity index (χ4v) is 4.31. The minimum atomic E-state index is 0.0261. The van der Waals surface area contributed by atoms with Crippen LogP contribution in [0.4, 0.5) is 4.79 Å². The van der Waals surface area contributed by atoms with Crippen LogP contribution in [0.5, 0.6) is 0 Å². The molecular formula is C19H24N4O2. The van der Waals surface area contributed by atoms with Crippen molar-refractivity contribution in [3.63, 3.8) is 0 Å². The molecule has 3 aliphatic rings. The molecule has 6 heteroatoms. The molecule has 1 aromatic heterocycles. The number of imidazole rings is 1. The molecule has 0 radical (unpaired) electrons. The van der Waals surface area contributed by atoms with Gasteiger partial charge in [0.05, 0.1) is 24.2 Å². The molecule has 3 fully saturated rings. The summed E-state index contributed by atoms with van der Waals surface area (Å²) in [6.45, 7) is 3.77. The molecule has 3 heterocycles. The van der Waals surface area contributed by atoms with Gasteiger partial charge in [-0.1, -0.05) is 12.1 Å². The number of hydrogen-bond acceptors (Lipinski definition) is 3. The summed E-state index contributed by atoms with van der Waals surface area (Å²) in [6.07, 6.45) is 4.54. The molecule has 1 aliphatic carbocycles. The summed E-state index contributed by atoms with van der Waals surface area (Å²) < 4.78 is 7.86. The first-order valence-electron chi connectivity index (χ1n) is 9.31. The van der Waals surface area contributed by atoms with Crippen molar-refractivity contribution in [1.29, 1.82) is 0 Å². The highest BCUT2D eigenvalue weighted by atomic mass is 16.5. The molecular weight excluding hydrogens is 316 g/mol. The molecule has 2 saturated heterocycles. The average Bonchev–Trinajstić information content (AvgIpc) is 3.09. The van der Waals surface area contributed by atoms with Gasteiger partial charge in [0.1, 0.15) is 5.82 Å². The zero-order valence-corrected chi connectivity index (χ0v) is 14.4. The summed E-state index contributed by atoms with van der Waals surface area (Å²) in [5.74, 6) is 0.968. The highest BCUT2D eigenvalue weighted by molar-refractivity contribution is 5.77. The standard InChI is InChI=1S/C19H24N4O2/c24-18(22-9-7-19(12-22)8-10-25-13-19)20-11-17-21-15-3-1-2-4-16(15)23(17)14-5-6-14/h1-4,14H,5-13H2,(H,20,24). The first-order valence-corrected chi connectivity index (χ1v) is 9.31. The molecule has 1 aromatic carbocycles. The molecule has 1 unspecified atom stereocenters. The third-order valence-corrected chi connectivity index (χ3v) is 5.89. The van der Waals surface area contributed by atoms with Gasteiger partial charge < -0.3 is 19.5 Å². The van der Waals surface area contributed by atoms with Gasteiger partial charge in [0, 0.05) is 31.2 Å². The molecule has 25 heavy (non-hydrogen) atoms. The Labute approximate surface area is 147 Å². The van der Waals surface area contributed by atoms with Crippen LogP contribution < -0.4 is 5.32 Å². The third kappa shape index (κ3) is 2.68. The van der Waals surface area contributed by atoms with Crippen LogP contribution in [0.15, 0.2) is 24.3 Å². The molecule has 1 saturated carbocycles. The van der Waals surface area contributed by atoms with E-state index >= 15 is 0 Å². The first-order chi connectivity index (χ1) is 12.2. The van der Waals surface area contributed by atoms with E-state index < -0.39 is 0 Å². The van der Waals surface area contributed by atoms with Gasteiger partial charge >= 0.3 is 6.03 Å². The number of carbonyl (C=O) groups excluding carboxylic acids is 1. The summed E-state index contributed by atoms with van der Waals surface area (Å²) >= 11 is 0. The van der Waals surface area contributed by atoms with E-state index in [2.05, 4.69) is 22.0 Å². The van der Waals surface area contributed by atoms with Gasteiger partial charge in [-0.2, -0.15) is 0 Å². The Morgan fingerprint density at radius 2 is 2.20 bits per heavy atom. The van der Waals surface area contributed by atoms with Gasteiger partial charge in [-0.25, -0.2) is 9.78 Å². The summed E-state index contributed by atoms with van der Waals surface area (Å²) in [6, 6.07) is 8.81. The summed E-state index contributed by atoms with van der Waals surface area (Å²) in [5.41, 5.74) is 2.40. The lowest BCUT2D eigenvalue weighted by Gasteiger charge is -2.22. The van der Waals surface area contributed by atoms with Gasteiger partial charge in [-0.15, -0.1) is 0 Å². The van der Waals surface area contributed by atoms with Crippen LogP contribution in [0, 0.1) is 5.41 Å². The van der Waals surface area contributed by atoms with Crippen molar-refractivity contribution in [3.05, 3.63) is 30.1 Å². The number of rotatable bonds is 3. The van der Waals surface area contributed by atoms with E-state index in [9.17, 15) is 4.79 Å². The SMILES string of the molecule is O=C(NCc1nc2ccccc2n1C1CC1)N1CCC2(CCOC2)C1. The lowest BCUT2D eigenvalue weighted by Crippen LogP contribution is -2.40. The van der Waals surface area contributed by atoms with Crippen LogP contribution in [0.1, 0.15) is 37.5 Å². The van der Waals surface area contributed by atoms with Crippen LogP contribution in [0.25, 0.3) is 11.0 Å². The molecule has 1 N–H and O–H groups in total. The second-order valence-electron chi connectivity index (χ2n) is 7.75. The van der Waals surface area contributed by atoms with Crippen molar-refractivity contribution in [2.75, 3.05) is 26.3 Å². The number of hydrogen-bond donors (Lipinski definition) is 1. The number of carbonyl (C=O) groups is 1. The van der Waals surface area contributed by atoms with Crippen LogP contribution in [0.2, 0.25) is 0 Å². The van der Waals surface area contributed by atoms with Crippen molar-refractivity contribution in [2.45, 2.75) is 38.3 Å². The van der Waals surface area contributed by atoms with E-state index in [0.717, 1.165) is 50.5 Å². The minimum Gasteiger partial charge on any atom is -0.381 e. The van der Waals surface area contributed by atoms with Crippen LogP contribution in [-0.2, 0) is 11.3 Å². The zero-order valence-electron chi connectivity index (χ0n) is 14.4. The molecule has 2 amide bonds. The molecule has 1 spiro atoms. The maximum atomic E-state index is 12.6. The normalized spacial score (nSPS) is 26.0. The maximum Gasteiger partial charge on any atom is 0.317 e. The number of nitrogens with zero attached hydrogens (tertiary/aromatic N) is 3. The van der Waals surface area contributed by atoms with Gasteiger partial charge in [0.15, 0.2) is 0 Å². The fourth-order valence-electron chi connectivity index (χ4n) is 4.31. The first kappa shape index (κ1) is 15.2. The molecule has 0 bridgehead atoms. The molecule has 2 aromatic rings. The lowest BCUT2D eigenvalue weighted by molar-refractivity contribution is 0.152. The highest BCUT2D eigenvalue weighted by Gasteiger charge is 2.42. The number of likely N-dealkylation sites (tertiary alicyclic amines) is 1. The Hall–Kier alpha value is -2.08. The van der Waals surface area contributed by atoms with Crippen LogP contribution in [0.3, 0.4) is 0 Å². The lowest BCUT2D eigenvalue weighted by atomic mass is 9.87. The van der Waals surface area contributed by atoms with Gasteiger partial charge in [-0.05, 0) is 37.8 Å². The largest absolute Gasteiger partial charge is 0.381 e. The molecule has 132 valence electrons. The summed E-state index contributed by atoms with van der Waals surface area (Å²) in [5, 5.41) is 3.09. The van der Waals surface area contributed by atoms with Crippen molar-refractivity contribution in [3.8, 4) is 0 Å². The molecule has 5 rings (SSSR count). The quantitative estimate of drug-likeness (QED) is 0.934. The van der Waals surface area contributed by atoms with E-state index in [1.807, 2.05) is 17.0 Å². The maximum absolute atomic E-state index is 12.6. The molecule has 6 nitrogen and oxygen atoms in total. The van der Waals surface area contributed by atoms with Crippen molar-refractivity contribution in [2.24, 2.45) is 5.41 Å².